The van der Waals surface area contributed by atoms with E-state index in [-0.39, 0.29) is 18.0 Å². The third-order valence-corrected chi connectivity index (χ3v) is 4.57. The third kappa shape index (κ3) is 4.49. The maximum atomic E-state index is 13.4. The Labute approximate surface area is 167 Å². The number of carbonyl (C=O) groups excluding carboxylic acids is 1. The number of nitrogens with one attached hydrogen (secondary N) is 1. The number of halogens is 1. The molecule has 150 valence electrons. The van der Waals surface area contributed by atoms with E-state index < -0.39 is 0 Å². The molecule has 1 aliphatic rings. The van der Waals surface area contributed by atoms with Crippen LogP contribution in [0, 0.1) is 5.82 Å². The molecule has 1 fully saturated rings. The second-order valence-electron chi connectivity index (χ2n) is 6.62. The minimum atomic E-state index is -0.347. The summed E-state index contributed by atoms with van der Waals surface area (Å²) in [7, 11) is 0. The number of aromatic nitrogens is 3. The van der Waals surface area contributed by atoms with Crippen LogP contribution in [0.5, 0.6) is 0 Å². The van der Waals surface area contributed by atoms with Crippen LogP contribution in [-0.4, -0.2) is 40.2 Å². The van der Waals surface area contributed by atoms with Crippen molar-refractivity contribution < 1.29 is 18.7 Å². The second-order valence-corrected chi connectivity index (χ2v) is 6.62. The summed E-state index contributed by atoms with van der Waals surface area (Å²) in [5.41, 5.74) is 3.15. The van der Waals surface area contributed by atoms with Crippen LogP contribution in [-0.2, 0) is 20.8 Å². The Bertz CT molecular complexity index is 997. The molecule has 1 N–H and O–H groups in total. The zero-order chi connectivity index (χ0) is 20.2. The zero-order valence-corrected chi connectivity index (χ0v) is 16.0. The SMILES string of the molecule is CCC(=O)Nc1cc(-c2cn(CC3OCCO3)nc2-c2ccc(F)cc2)ccn1. The molecule has 3 aromatic rings. The largest absolute Gasteiger partial charge is 0.348 e. The van der Waals surface area contributed by atoms with E-state index in [4.69, 9.17) is 9.47 Å². The molecule has 3 heterocycles. The quantitative estimate of drug-likeness (QED) is 0.690. The topological polar surface area (TPSA) is 78.3 Å². The van der Waals surface area contributed by atoms with Crippen molar-refractivity contribution in [2.24, 2.45) is 0 Å². The van der Waals surface area contributed by atoms with Crippen LogP contribution in [0.15, 0.2) is 48.8 Å². The highest BCUT2D eigenvalue weighted by molar-refractivity contribution is 5.90. The van der Waals surface area contributed by atoms with Crippen molar-refractivity contribution in [1.29, 1.82) is 0 Å². The smallest absolute Gasteiger partial charge is 0.225 e. The number of amides is 1. The molecule has 0 bridgehead atoms. The molecule has 7 nitrogen and oxygen atoms in total. The fraction of sp³-hybridized carbons (Fsp3) is 0.286. The lowest BCUT2D eigenvalue weighted by atomic mass is 10.0. The van der Waals surface area contributed by atoms with Gasteiger partial charge in [0.05, 0.1) is 19.8 Å². The standard InChI is InChI=1S/C21H21FN4O3/c1-2-19(27)24-18-11-15(7-8-23-18)17-12-26(13-20-28-9-10-29-20)25-21(17)14-3-5-16(22)6-4-14/h3-8,11-12,20H,2,9-10,13H2,1H3,(H,23,24,27). The van der Waals surface area contributed by atoms with Crippen LogP contribution in [0.1, 0.15) is 13.3 Å². The van der Waals surface area contributed by atoms with E-state index in [1.54, 1.807) is 36.0 Å². The Morgan fingerprint density at radius 2 is 1.97 bits per heavy atom. The molecule has 1 aromatic carbocycles. The summed E-state index contributed by atoms with van der Waals surface area (Å²) in [6, 6.07) is 9.83. The van der Waals surface area contributed by atoms with E-state index >= 15 is 0 Å². The minimum absolute atomic E-state index is 0.111. The first-order chi connectivity index (χ1) is 14.1. The van der Waals surface area contributed by atoms with Gasteiger partial charge in [0.25, 0.3) is 0 Å². The van der Waals surface area contributed by atoms with Crippen molar-refractivity contribution >= 4 is 11.7 Å². The number of benzene rings is 1. The summed E-state index contributed by atoms with van der Waals surface area (Å²) >= 11 is 0. The van der Waals surface area contributed by atoms with E-state index in [0.29, 0.717) is 37.7 Å². The molecule has 2 aromatic heterocycles. The molecule has 1 aliphatic heterocycles. The number of anilines is 1. The van der Waals surface area contributed by atoms with Gasteiger partial charge in [0.15, 0.2) is 6.29 Å². The fourth-order valence-corrected chi connectivity index (χ4v) is 3.11. The second kappa shape index (κ2) is 8.50. The molecule has 0 saturated carbocycles. The monoisotopic (exact) mass is 396 g/mol. The lowest BCUT2D eigenvalue weighted by Crippen LogP contribution is -2.17. The van der Waals surface area contributed by atoms with E-state index in [0.717, 1.165) is 16.7 Å². The van der Waals surface area contributed by atoms with Crippen molar-refractivity contribution in [1.82, 2.24) is 14.8 Å². The lowest BCUT2D eigenvalue weighted by molar-refractivity contribution is -0.115. The van der Waals surface area contributed by atoms with Crippen molar-refractivity contribution in [3.63, 3.8) is 0 Å². The molecule has 0 unspecified atom stereocenters. The van der Waals surface area contributed by atoms with Crippen LogP contribution in [0.3, 0.4) is 0 Å². The Morgan fingerprint density at radius 3 is 2.69 bits per heavy atom. The third-order valence-electron chi connectivity index (χ3n) is 4.57. The van der Waals surface area contributed by atoms with E-state index in [1.165, 1.54) is 12.1 Å². The van der Waals surface area contributed by atoms with Crippen molar-refractivity contribution in [3.8, 4) is 22.4 Å². The lowest BCUT2D eigenvalue weighted by Gasteiger charge is -2.08. The number of nitrogens with zero attached hydrogens (tertiary/aromatic N) is 3. The van der Waals surface area contributed by atoms with Crippen molar-refractivity contribution in [2.75, 3.05) is 18.5 Å². The Hall–Kier alpha value is -3.10. The summed E-state index contributed by atoms with van der Waals surface area (Å²) in [6.07, 6.45) is 3.55. The summed E-state index contributed by atoms with van der Waals surface area (Å²) < 4.78 is 26.2. The van der Waals surface area contributed by atoms with Gasteiger partial charge in [-0.25, -0.2) is 9.37 Å². The summed E-state index contributed by atoms with van der Waals surface area (Å²) in [4.78, 5) is 15.9. The molecular weight excluding hydrogens is 375 g/mol. The van der Waals surface area contributed by atoms with E-state index in [1.807, 2.05) is 12.3 Å². The Morgan fingerprint density at radius 1 is 1.21 bits per heavy atom. The predicted molar refractivity (Wildman–Crippen MR) is 105 cm³/mol. The molecule has 4 rings (SSSR count). The highest BCUT2D eigenvalue weighted by atomic mass is 19.1. The first-order valence-corrected chi connectivity index (χ1v) is 9.45. The molecule has 29 heavy (non-hydrogen) atoms. The van der Waals surface area contributed by atoms with Gasteiger partial charge in [0, 0.05) is 29.9 Å². The number of pyridine rings is 1. The number of ether oxygens (including phenoxy) is 2. The molecular formula is C21H21FN4O3. The van der Waals surface area contributed by atoms with E-state index in [2.05, 4.69) is 15.4 Å². The maximum absolute atomic E-state index is 13.4. The van der Waals surface area contributed by atoms with Crippen LogP contribution in [0.25, 0.3) is 22.4 Å². The van der Waals surface area contributed by atoms with E-state index in [9.17, 15) is 9.18 Å². The highest BCUT2D eigenvalue weighted by Gasteiger charge is 2.20. The van der Waals surface area contributed by atoms with Gasteiger partial charge in [0.1, 0.15) is 17.3 Å². The molecule has 1 saturated heterocycles. The average molecular weight is 396 g/mol. The molecule has 0 aliphatic carbocycles. The van der Waals surface area contributed by atoms with Gasteiger partial charge in [0.2, 0.25) is 5.91 Å². The fourth-order valence-electron chi connectivity index (χ4n) is 3.11. The van der Waals surface area contributed by atoms with Gasteiger partial charge in [-0.1, -0.05) is 6.92 Å². The van der Waals surface area contributed by atoms with Gasteiger partial charge in [-0.15, -0.1) is 0 Å². The highest BCUT2D eigenvalue weighted by Crippen LogP contribution is 2.32. The van der Waals surface area contributed by atoms with Crippen molar-refractivity contribution in [3.05, 3.63) is 54.6 Å². The summed E-state index contributed by atoms with van der Waals surface area (Å²) in [5, 5.41) is 7.45. The predicted octanol–water partition coefficient (Wildman–Crippen LogP) is 3.47. The number of carbonyl (C=O) groups is 1. The van der Waals surface area contributed by atoms with Gasteiger partial charge >= 0.3 is 0 Å². The van der Waals surface area contributed by atoms with Gasteiger partial charge in [-0.05, 0) is 42.0 Å². The first-order valence-electron chi connectivity index (χ1n) is 9.45. The normalized spacial score (nSPS) is 14.3. The average Bonchev–Trinajstić information content (AvgIpc) is 3.39. The van der Waals surface area contributed by atoms with Crippen LogP contribution in [0.2, 0.25) is 0 Å². The molecule has 0 spiro atoms. The first kappa shape index (κ1) is 19.2. The number of hydrogen-bond donors (Lipinski definition) is 1. The number of rotatable bonds is 6. The molecule has 0 atom stereocenters. The molecule has 8 heteroatoms. The zero-order valence-electron chi connectivity index (χ0n) is 16.0. The van der Waals surface area contributed by atoms with Crippen LogP contribution < -0.4 is 5.32 Å². The summed E-state index contributed by atoms with van der Waals surface area (Å²) in [6.45, 7) is 3.35. The van der Waals surface area contributed by atoms with Crippen LogP contribution in [0.4, 0.5) is 10.2 Å². The van der Waals surface area contributed by atoms with Crippen LogP contribution >= 0.6 is 0 Å². The van der Waals surface area contributed by atoms with Crippen molar-refractivity contribution in [2.45, 2.75) is 26.2 Å². The van der Waals surface area contributed by atoms with Gasteiger partial charge in [-0.3, -0.25) is 9.48 Å². The Balaban J connectivity index is 1.72. The van der Waals surface area contributed by atoms with Gasteiger partial charge in [-0.2, -0.15) is 5.10 Å². The Kier molecular flexibility index (Phi) is 5.64. The summed E-state index contributed by atoms with van der Waals surface area (Å²) in [5.74, 6) is 0.0465. The molecule has 0 radical (unpaired) electrons. The van der Waals surface area contributed by atoms with Gasteiger partial charge < -0.3 is 14.8 Å². The minimum Gasteiger partial charge on any atom is -0.348 e. The molecule has 1 amide bonds. The number of hydrogen-bond acceptors (Lipinski definition) is 5. The maximum Gasteiger partial charge on any atom is 0.225 e.